The third kappa shape index (κ3) is 9.58. The number of amides is 3. The van der Waals surface area contributed by atoms with E-state index in [4.69, 9.17) is 0 Å². The molecule has 2 aromatic rings. The molecule has 0 bridgehead atoms. The summed E-state index contributed by atoms with van der Waals surface area (Å²) in [5.74, 6) is -0.0946. The number of aryl methyl sites for hydroxylation is 2. The Labute approximate surface area is 227 Å². The van der Waals surface area contributed by atoms with Gasteiger partial charge in [0.1, 0.15) is 6.04 Å². The number of hydrogen-bond acceptors (Lipinski definition) is 5. The molecular weight excluding hydrogens is 484 g/mol. The minimum absolute atomic E-state index is 0.0534. The van der Waals surface area contributed by atoms with Crippen molar-refractivity contribution in [2.45, 2.75) is 100 Å². The number of hydrogen-bond donors (Lipinski definition) is 2. The van der Waals surface area contributed by atoms with E-state index in [2.05, 4.69) is 47.7 Å². The molecule has 37 heavy (non-hydrogen) atoms. The van der Waals surface area contributed by atoms with Crippen LogP contribution in [0.1, 0.15) is 85.1 Å². The first kappa shape index (κ1) is 32.3. The largest absolute Gasteiger partial charge is 0.355 e. The first-order valence-electron chi connectivity index (χ1n) is 13.3. The number of rotatable bonds is 7. The van der Waals surface area contributed by atoms with E-state index in [0.717, 1.165) is 37.9 Å². The number of carbonyl (C=O) groups is 3. The van der Waals surface area contributed by atoms with Gasteiger partial charge >= 0.3 is 0 Å². The fourth-order valence-corrected chi connectivity index (χ4v) is 5.08. The number of benzene rings is 1. The van der Waals surface area contributed by atoms with Gasteiger partial charge in [-0.3, -0.25) is 14.4 Å². The monoisotopic (exact) mass is 530 g/mol. The third-order valence-corrected chi connectivity index (χ3v) is 7.24. The molecule has 1 fully saturated rings. The average Bonchev–Trinajstić information content (AvgIpc) is 3.49. The topological polar surface area (TPSA) is 91.4 Å². The van der Waals surface area contributed by atoms with Crippen LogP contribution < -0.4 is 10.6 Å². The van der Waals surface area contributed by atoms with Gasteiger partial charge in [0.15, 0.2) is 0 Å². The van der Waals surface area contributed by atoms with Gasteiger partial charge in [-0.15, -0.1) is 11.3 Å². The van der Waals surface area contributed by atoms with E-state index in [1.807, 2.05) is 52.0 Å². The summed E-state index contributed by atoms with van der Waals surface area (Å²) in [7, 11) is 0. The summed E-state index contributed by atoms with van der Waals surface area (Å²) in [5, 5.41) is 5.50. The molecule has 0 aliphatic carbocycles. The van der Waals surface area contributed by atoms with E-state index in [1.165, 1.54) is 28.5 Å². The summed E-state index contributed by atoms with van der Waals surface area (Å²) >= 11 is 1.66. The normalized spacial score (nSPS) is 15.5. The Morgan fingerprint density at radius 3 is 2.38 bits per heavy atom. The zero-order valence-corrected chi connectivity index (χ0v) is 24.9. The van der Waals surface area contributed by atoms with Crippen molar-refractivity contribution in [1.82, 2.24) is 20.5 Å². The lowest BCUT2D eigenvalue weighted by atomic mass is 9.85. The van der Waals surface area contributed by atoms with Gasteiger partial charge in [0, 0.05) is 26.1 Å². The van der Waals surface area contributed by atoms with Crippen molar-refractivity contribution >= 4 is 29.6 Å². The third-order valence-electron chi connectivity index (χ3n) is 6.27. The molecule has 1 saturated heterocycles. The van der Waals surface area contributed by atoms with Crippen molar-refractivity contribution in [3.8, 4) is 10.4 Å². The minimum atomic E-state index is -0.430. The summed E-state index contributed by atoms with van der Waals surface area (Å²) in [6.45, 7) is 19.0. The molecule has 1 aromatic carbocycles. The van der Waals surface area contributed by atoms with Gasteiger partial charge < -0.3 is 15.5 Å². The highest BCUT2D eigenvalue weighted by atomic mass is 32.1. The Balaban J connectivity index is 0.000000348. The fourth-order valence-electron chi connectivity index (χ4n) is 4.28. The SMILES string of the molecule is CC.CC(=O)NC(C(=O)N1CCCC1C)C(C)(C)C.CCc1cc(-c2scnc2C)ccc1CNC=O. The molecule has 3 rings (SSSR count). The van der Waals surface area contributed by atoms with Gasteiger partial charge in [0.25, 0.3) is 0 Å². The molecule has 1 aromatic heterocycles. The Hall–Kier alpha value is -2.74. The lowest BCUT2D eigenvalue weighted by Gasteiger charge is -2.34. The highest BCUT2D eigenvalue weighted by Gasteiger charge is 2.37. The maximum atomic E-state index is 12.4. The summed E-state index contributed by atoms with van der Waals surface area (Å²) in [5.41, 5.74) is 6.34. The smallest absolute Gasteiger partial charge is 0.245 e. The molecule has 0 spiro atoms. The second-order valence-electron chi connectivity index (χ2n) is 10.1. The summed E-state index contributed by atoms with van der Waals surface area (Å²) in [6.07, 6.45) is 3.81. The van der Waals surface area contributed by atoms with Crippen molar-refractivity contribution in [1.29, 1.82) is 0 Å². The van der Waals surface area contributed by atoms with Crippen molar-refractivity contribution < 1.29 is 14.4 Å². The van der Waals surface area contributed by atoms with E-state index in [-0.39, 0.29) is 17.2 Å². The number of nitrogens with zero attached hydrogens (tertiary/aromatic N) is 2. The number of likely N-dealkylation sites (tertiary alicyclic amines) is 1. The van der Waals surface area contributed by atoms with Crippen molar-refractivity contribution in [2.24, 2.45) is 5.41 Å². The fraction of sp³-hybridized carbons (Fsp3) is 0.586. The molecule has 3 amide bonds. The maximum absolute atomic E-state index is 12.4. The van der Waals surface area contributed by atoms with E-state index in [9.17, 15) is 14.4 Å². The summed E-state index contributed by atoms with van der Waals surface area (Å²) < 4.78 is 0. The van der Waals surface area contributed by atoms with Gasteiger partial charge in [-0.1, -0.05) is 53.7 Å². The standard InChI is InChI=1S/C14H16N2OS.C13H24N2O2.C2H6/c1-3-11-6-12(14-10(2)16-9-18-14)4-5-13(11)7-15-8-17;1-9-7-6-8-15(9)12(17)11(13(3,4)5)14-10(2)16;1-2/h4-6,8-9H,3,7H2,1-2H3,(H,15,17);9,11H,6-8H2,1-5H3,(H,14,16);1-2H3. The van der Waals surface area contributed by atoms with Gasteiger partial charge in [-0.05, 0) is 61.3 Å². The van der Waals surface area contributed by atoms with Crippen LogP contribution in [0.4, 0.5) is 0 Å². The summed E-state index contributed by atoms with van der Waals surface area (Å²) in [6, 6.07) is 6.25. The van der Waals surface area contributed by atoms with Gasteiger partial charge in [-0.2, -0.15) is 0 Å². The van der Waals surface area contributed by atoms with Crippen molar-refractivity contribution in [2.75, 3.05) is 6.54 Å². The molecule has 2 heterocycles. The minimum Gasteiger partial charge on any atom is -0.355 e. The van der Waals surface area contributed by atoms with Gasteiger partial charge in [-0.25, -0.2) is 4.98 Å². The van der Waals surface area contributed by atoms with Gasteiger partial charge in [0.05, 0.1) is 16.1 Å². The van der Waals surface area contributed by atoms with Crippen LogP contribution in [0.2, 0.25) is 0 Å². The zero-order chi connectivity index (χ0) is 28.2. The van der Waals surface area contributed by atoms with E-state index in [1.54, 1.807) is 11.3 Å². The number of nitrogens with one attached hydrogen (secondary N) is 2. The molecule has 2 unspecified atom stereocenters. The predicted molar refractivity (Wildman–Crippen MR) is 153 cm³/mol. The second-order valence-corrected chi connectivity index (χ2v) is 11.0. The molecule has 7 nitrogen and oxygen atoms in total. The Bertz CT molecular complexity index is 1010. The Kier molecular flexibility index (Phi) is 13.5. The van der Waals surface area contributed by atoms with Crippen LogP contribution >= 0.6 is 11.3 Å². The van der Waals surface area contributed by atoms with Crippen molar-refractivity contribution in [3.05, 3.63) is 40.5 Å². The molecule has 1 aliphatic rings. The average molecular weight is 531 g/mol. The van der Waals surface area contributed by atoms with Gasteiger partial charge in [0.2, 0.25) is 18.2 Å². The highest BCUT2D eigenvalue weighted by molar-refractivity contribution is 7.13. The highest BCUT2D eigenvalue weighted by Crippen LogP contribution is 2.29. The molecular formula is C29H46N4O3S. The predicted octanol–water partition coefficient (Wildman–Crippen LogP) is 5.50. The van der Waals surface area contributed by atoms with Crippen molar-refractivity contribution in [3.63, 3.8) is 0 Å². The van der Waals surface area contributed by atoms with Crippen LogP contribution in [-0.2, 0) is 27.3 Å². The molecule has 0 radical (unpaired) electrons. The molecule has 0 saturated carbocycles. The Morgan fingerprint density at radius 2 is 1.92 bits per heavy atom. The zero-order valence-electron chi connectivity index (χ0n) is 24.1. The number of carbonyl (C=O) groups excluding carboxylic acids is 3. The molecule has 2 N–H and O–H groups in total. The number of aromatic nitrogens is 1. The van der Waals surface area contributed by atoms with E-state index < -0.39 is 6.04 Å². The van der Waals surface area contributed by atoms with E-state index >= 15 is 0 Å². The van der Waals surface area contributed by atoms with Crippen LogP contribution in [0.25, 0.3) is 10.4 Å². The van der Waals surface area contributed by atoms with Crippen LogP contribution in [0.5, 0.6) is 0 Å². The second kappa shape index (κ2) is 15.5. The molecule has 1 aliphatic heterocycles. The molecule has 206 valence electrons. The lowest BCUT2D eigenvalue weighted by molar-refractivity contribution is -0.139. The van der Waals surface area contributed by atoms with Crippen LogP contribution in [0, 0.1) is 12.3 Å². The first-order valence-corrected chi connectivity index (χ1v) is 14.1. The van der Waals surface area contributed by atoms with Crippen LogP contribution in [0.3, 0.4) is 0 Å². The number of thiazole rings is 1. The molecule has 2 atom stereocenters. The van der Waals surface area contributed by atoms with Crippen LogP contribution in [0.15, 0.2) is 23.7 Å². The van der Waals surface area contributed by atoms with Crippen LogP contribution in [-0.4, -0.2) is 46.7 Å². The van der Waals surface area contributed by atoms with E-state index in [0.29, 0.717) is 12.6 Å². The Morgan fingerprint density at radius 1 is 1.24 bits per heavy atom. The lowest BCUT2D eigenvalue weighted by Crippen LogP contribution is -2.54. The summed E-state index contributed by atoms with van der Waals surface area (Å²) in [4.78, 5) is 41.4. The quantitative estimate of drug-likeness (QED) is 0.462. The first-order chi connectivity index (χ1) is 17.5. The molecule has 8 heteroatoms. The maximum Gasteiger partial charge on any atom is 0.245 e.